The fraction of sp³-hybridized carbons (Fsp3) is 0.308. The largest absolute Gasteiger partial charge is 0.288 e. The Hall–Kier alpha value is -1.29. The van der Waals surface area contributed by atoms with E-state index in [1.54, 1.807) is 0 Å². The minimum absolute atomic E-state index is 0.403. The zero-order chi connectivity index (χ0) is 12.0. The van der Waals surface area contributed by atoms with Crippen molar-refractivity contribution in [3.8, 4) is 18.4 Å². The second kappa shape index (κ2) is 5.70. The maximum Gasteiger partial charge on any atom is 0.108 e. The summed E-state index contributed by atoms with van der Waals surface area (Å²) in [7, 11) is 0. The molecule has 0 heterocycles. The summed E-state index contributed by atoms with van der Waals surface area (Å²) in [5, 5.41) is 12.2. The Kier molecular flexibility index (Phi) is 4.55. The third kappa shape index (κ3) is 3.70. The molecule has 3 heteroatoms. The van der Waals surface area contributed by atoms with Gasteiger partial charge in [-0.3, -0.25) is 5.32 Å². The van der Waals surface area contributed by atoms with Gasteiger partial charge in [-0.25, -0.2) is 0 Å². The van der Waals surface area contributed by atoms with E-state index in [2.05, 4.69) is 33.2 Å². The van der Waals surface area contributed by atoms with Crippen molar-refractivity contribution in [2.24, 2.45) is 0 Å². The van der Waals surface area contributed by atoms with E-state index >= 15 is 0 Å². The zero-order valence-corrected chi connectivity index (χ0v) is 10.7. The molecule has 1 aromatic carbocycles. The molecule has 1 atom stereocenters. The van der Waals surface area contributed by atoms with Gasteiger partial charge in [0.1, 0.15) is 5.54 Å². The molecule has 0 aliphatic rings. The minimum Gasteiger partial charge on any atom is -0.288 e. The molecular formula is C13H13BrN2. The summed E-state index contributed by atoms with van der Waals surface area (Å²) in [5.41, 5.74) is 0.497. The second-order valence-electron chi connectivity index (χ2n) is 3.80. The predicted molar refractivity (Wildman–Crippen MR) is 68.7 cm³/mol. The minimum atomic E-state index is -0.611. The molecule has 0 fully saturated rings. The van der Waals surface area contributed by atoms with Crippen molar-refractivity contribution in [3.05, 3.63) is 34.3 Å². The summed E-state index contributed by atoms with van der Waals surface area (Å²) < 4.78 is 1.03. The number of terminal acetylenes is 1. The topological polar surface area (TPSA) is 35.8 Å². The SMILES string of the molecule is C#CCNC(C)(C#N)Cc1ccc(Br)cc1. The van der Waals surface area contributed by atoms with Gasteiger partial charge in [-0.2, -0.15) is 5.26 Å². The highest BCUT2D eigenvalue weighted by atomic mass is 79.9. The van der Waals surface area contributed by atoms with Crippen LogP contribution >= 0.6 is 15.9 Å². The molecule has 0 aliphatic heterocycles. The first-order chi connectivity index (χ1) is 7.59. The Morgan fingerprint density at radius 2 is 2.06 bits per heavy atom. The zero-order valence-electron chi connectivity index (χ0n) is 9.13. The first-order valence-electron chi connectivity index (χ1n) is 4.94. The second-order valence-corrected chi connectivity index (χ2v) is 4.72. The van der Waals surface area contributed by atoms with E-state index in [9.17, 15) is 0 Å². The van der Waals surface area contributed by atoms with Crippen molar-refractivity contribution < 1.29 is 0 Å². The van der Waals surface area contributed by atoms with Gasteiger partial charge in [0.15, 0.2) is 0 Å². The quantitative estimate of drug-likeness (QED) is 0.858. The van der Waals surface area contributed by atoms with E-state index in [0.717, 1.165) is 10.0 Å². The van der Waals surface area contributed by atoms with Crippen LogP contribution in [-0.4, -0.2) is 12.1 Å². The number of hydrogen-bond acceptors (Lipinski definition) is 2. The summed E-state index contributed by atoms with van der Waals surface area (Å²) in [5.74, 6) is 2.48. The lowest BCUT2D eigenvalue weighted by Gasteiger charge is -2.22. The molecule has 0 radical (unpaired) electrons. The van der Waals surface area contributed by atoms with E-state index in [0.29, 0.717) is 13.0 Å². The maximum atomic E-state index is 9.14. The first kappa shape index (κ1) is 12.8. The summed E-state index contributed by atoms with van der Waals surface area (Å²) in [6, 6.07) is 10.2. The fourth-order valence-corrected chi connectivity index (χ4v) is 1.66. The molecule has 1 rings (SSSR count). The first-order valence-corrected chi connectivity index (χ1v) is 5.73. The summed E-state index contributed by atoms with van der Waals surface area (Å²) >= 11 is 3.38. The van der Waals surface area contributed by atoms with Crippen molar-refractivity contribution in [2.45, 2.75) is 18.9 Å². The van der Waals surface area contributed by atoms with Crippen molar-refractivity contribution >= 4 is 15.9 Å². The van der Waals surface area contributed by atoms with Crippen molar-refractivity contribution in [3.63, 3.8) is 0 Å². The number of nitriles is 1. The third-order valence-electron chi connectivity index (χ3n) is 2.30. The molecule has 0 aromatic heterocycles. The molecular weight excluding hydrogens is 264 g/mol. The molecule has 0 aliphatic carbocycles. The molecule has 82 valence electrons. The molecule has 1 N–H and O–H groups in total. The van der Waals surface area contributed by atoms with E-state index in [-0.39, 0.29) is 0 Å². The van der Waals surface area contributed by atoms with Crippen LogP contribution in [0, 0.1) is 23.7 Å². The average molecular weight is 277 g/mol. The van der Waals surface area contributed by atoms with Gasteiger partial charge < -0.3 is 0 Å². The van der Waals surface area contributed by atoms with E-state index in [4.69, 9.17) is 11.7 Å². The molecule has 16 heavy (non-hydrogen) atoms. The van der Waals surface area contributed by atoms with E-state index in [1.165, 1.54) is 0 Å². The Labute approximate surface area is 105 Å². The number of rotatable bonds is 4. The lowest BCUT2D eigenvalue weighted by atomic mass is 9.94. The Balaban J connectivity index is 2.74. The average Bonchev–Trinajstić information content (AvgIpc) is 2.30. The van der Waals surface area contributed by atoms with Gasteiger partial charge in [0.05, 0.1) is 12.6 Å². The lowest BCUT2D eigenvalue weighted by molar-refractivity contribution is 0.472. The van der Waals surface area contributed by atoms with Crippen LogP contribution in [0.3, 0.4) is 0 Å². The Bertz CT molecular complexity index is 425. The molecule has 1 aromatic rings. The van der Waals surface area contributed by atoms with Crippen molar-refractivity contribution in [1.82, 2.24) is 5.32 Å². The third-order valence-corrected chi connectivity index (χ3v) is 2.83. The van der Waals surface area contributed by atoms with Gasteiger partial charge in [0.2, 0.25) is 0 Å². The summed E-state index contributed by atoms with van der Waals surface area (Å²) in [6.45, 7) is 2.26. The number of halogens is 1. The van der Waals surface area contributed by atoms with Crippen LogP contribution in [0.5, 0.6) is 0 Å². The normalized spacial score (nSPS) is 13.5. The number of nitrogens with one attached hydrogen (secondary N) is 1. The van der Waals surface area contributed by atoms with Gasteiger partial charge in [0, 0.05) is 10.9 Å². The smallest absolute Gasteiger partial charge is 0.108 e. The summed E-state index contributed by atoms with van der Waals surface area (Å²) in [6.07, 6.45) is 5.81. The van der Waals surface area contributed by atoms with Gasteiger partial charge in [-0.15, -0.1) is 6.42 Å². The number of nitrogens with zero attached hydrogens (tertiary/aromatic N) is 1. The monoisotopic (exact) mass is 276 g/mol. The van der Waals surface area contributed by atoms with Crippen LogP contribution in [0.2, 0.25) is 0 Å². The highest BCUT2D eigenvalue weighted by molar-refractivity contribution is 9.10. The van der Waals surface area contributed by atoms with E-state index in [1.807, 2.05) is 31.2 Å². The van der Waals surface area contributed by atoms with Gasteiger partial charge in [-0.1, -0.05) is 34.0 Å². The molecule has 2 nitrogen and oxygen atoms in total. The van der Waals surface area contributed by atoms with Crippen LogP contribution in [0.15, 0.2) is 28.7 Å². The van der Waals surface area contributed by atoms with Gasteiger partial charge >= 0.3 is 0 Å². The Morgan fingerprint density at radius 1 is 1.44 bits per heavy atom. The molecule has 0 saturated carbocycles. The van der Waals surface area contributed by atoms with Crippen LogP contribution in [0.4, 0.5) is 0 Å². The highest BCUT2D eigenvalue weighted by Crippen LogP contribution is 2.15. The standard InChI is InChI=1S/C13H13BrN2/c1-3-8-16-13(2,10-15)9-11-4-6-12(14)7-5-11/h1,4-7,16H,8-9H2,2H3. The molecule has 1 unspecified atom stereocenters. The lowest BCUT2D eigenvalue weighted by Crippen LogP contribution is -2.43. The molecule has 0 amide bonds. The molecule has 0 saturated heterocycles. The fourth-order valence-electron chi connectivity index (χ4n) is 1.40. The number of hydrogen-bond donors (Lipinski definition) is 1. The molecule has 0 bridgehead atoms. The van der Waals surface area contributed by atoms with Crippen LogP contribution in [-0.2, 0) is 6.42 Å². The van der Waals surface area contributed by atoms with Gasteiger partial charge in [-0.05, 0) is 24.6 Å². The van der Waals surface area contributed by atoms with Crippen LogP contribution < -0.4 is 5.32 Å². The highest BCUT2D eigenvalue weighted by Gasteiger charge is 2.22. The van der Waals surface area contributed by atoms with E-state index < -0.39 is 5.54 Å². The number of benzene rings is 1. The van der Waals surface area contributed by atoms with Crippen molar-refractivity contribution in [1.29, 1.82) is 5.26 Å². The van der Waals surface area contributed by atoms with Crippen LogP contribution in [0.25, 0.3) is 0 Å². The summed E-state index contributed by atoms with van der Waals surface area (Å²) in [4.78, 5) is 0. The van der Waals surface area contributed by atoms with Crippen LogP contribution in [0.1, 0.15) is 12.5 Å². The maximum absolute atomic E-state index is 9.14. The Morgan fingerprint density at radius 3 is 2.56 bits per heavy atom. The van der Waals surface area contributed by atoms with Gasteiger partial charge in [0.25, 0.3) is 0 Å². The molecule has 0 spiro atoms. The predicted octanol–water partition coefficient (Wildman–Crippen LogP) is 2.50. The van der Waals surface area contributed by atoms with Crippen molar-refractivity contribution in [2.75, 3.05) is 6.54 Å².